The monoisotopic (exact) mass is 195 g/mol. The van der Waals surface area contributed by atoms with Crippen LogP contribution in [-0.2, 0) is 0 Å². The molecule has 2 heterocycles. The number of nitrogen functional groups attached to an aromatic ring is 1. The number of hydrogen-bond acceptors (Lipinski definition) is 5. The average Bonchev–Trinajstić information content (AvgIpc) is 2.67. The number of aromatic nitrogens is 4. The first-order chi connectivity index (χ1) is 6.81. The maximum atomic E-state index is 5.41. The topological polar surface area (TPSA) is 89.7 Å². The number of fused-ring (bicyclic) bond motifs is 1. The number of nitrogens with one attached hydrogen (secondary N) is 1. The number of nitrogens with zero attached hydrogens (tertiary/aromatic N) is 3. The molecule has 76 valence electrons. The van der Waals surface area contributed by atoms with Crippen LogP contribution in [0.1, 0.15) is 13.8 Å². The lowest BCUT2D eigenvalue weighted by Crippen LogP contribution is -1.97. The second-order valence-electron chi connectivity index (χ2n) is 2.22. The van der Waals surface area contributed by atoms with Gasteiger partial charge in [0.25, 0.3) is 0 Å². The molecule has 6 nitrogen and oxygen atoms in total. The zero-order valence-corrected chi connectivity index (χ0v) is 8.40. The van der Waals surface area contributed by atoms with Crippen LogP contribution in [0.2, 0.25) is 0 Å². The van der Waals surface area contributed by atoms with Crippen LogP contribution in [0.4, 0.5) is 5.95 Å². The van der Waals surface area contributed by atoms with E-state index < -0.39 is 0 Å². The molecule has 6 heteroatoms. The smallest absolute Gasteiger partial charge is 0.229 e. The predicted molar refractivity (Wildman–Crippen MR) is 54.0 cm³/mol. The molecule has 0 aliphatic heterocycles. The molecule has 0 amide bonds. The van der Waals surface area contributed by atoms with Crippen LogP contribution in [0.3, 0.4) is 0 Å². The van der Waals surface area contributed by atoms with Crippen LogP contribution in [0.25, 0.3) is 11.0 Å². The minimum atomic E-state index is 0.170. The van der Waals surface area contributed by atoms with E-state index in [0.717, 1.165) is 5.39 Å². The third kappa shape index (κ3) is 1.73. The van der Waals surface area contributed by atoms with Crippen molar-refractivity contribution in [3.05, 3.63) is 6.20 Å². The molecule has 0 unspecified atom stereocenters. The molecule has 0 spiro atoms. The van der Waals surface area contributed by atoms with Crippen LogP contribution in [0, 0.1) is 0 Å². The van der Waals surface area contributed by atoms with Crippen LogP contribution in [-0.4, -0.2) is 27.3 Å². The van der Waals surface area contributed by atoms with E-state index in [1.165, 1.54) is 7.11 Å². The van der Waals surface area contributed by atoms with Gasteiger partial charge >= 0.3 is 0 Å². The first-order valence-electron chi connectivity index (χ1n) is 4.32. The lowest BCUT2D eigenvalue weighted by atomic mass is 10.4. The van der Waals surface area contributed by atoms with Gasteiger partial charge in [-0.3, -0.25) is 5.10 Å². The summed E-state index contributed by atoms with van der Waals surface area (Å²) in [6, 6.07) is 0. The molecule has 0 atom stereocenters. The zero-order chi connectivity index (χ0) is 10.6. The van der Waals surface area contributed by atoms with Gasteiger partial charge in [-0.2, -0.15) is 15.1 Å². The van der Waals surface area contributed by atoms with Gasteiger partial charge in [-0.05, 0) is 0 Å². The summed E-state index contributed by atoms with van der Waals surface area (Å²) >= 11 is 0. The lowest BCUT2D eigenvalue weighted by molar-refractivity contribution is 0.403. The van der Waals surface area contributed by atoms with Gasteiger partial charge in [0.15, 0.2) is 5.65 Å². The largest absolute Gasteiger partial charge is 0.480 e. The summed E-state index contributed by atoms with van der Waals surface area (Å²) in [6.07, 6.45) is 1.59. The van der Waals surface area contributed by atoms with E-state index in [-0.39, 0.29) is 5.95 Å². The van der Waals surface area contributed by atoms with Gasteiger partial charge in [-0.1, -0.05) is 13.8 Å². The Hall–Kier alpha value is -1.85. The molecule has 3 N–H and O–H groups in total. The van der Waals surface area contributed by atoms with Gasteiger partial charge < -0.3 is 10.5 Å². The fourth-order valence-corrected chi connectivity index (χ4v) is 0.980. The Kier molecular flexibility index (Phi) is 3.22. The van der Waals surface area contributed by atoms with Crippen molar-refractivity contribution in [2.75, 3.05) is 12.8 Å². The third-order valence-electron chi connectivity index (χ3n) is 1.49. The van der Waals surface area contributed by atoms with E-state index in [0.29, 0.717) is 11.5 Å². The van der Waals surface area contributed by atoms with Gasteiger partial charge in [0.1, 0.15) is 5.39 Å². The lowest BCUT2D eigenvalue weighted by Gasteiger charge is -1.99. The molecule has 0 saturated carbocycles. The average molecular weight is 195 g/mol. The Labute approximate surface area is 81.5 Å². The standard InChI is InChI=1S/C6H7N5O.C2H6/c1-12-5-3-2-8-11-4(3)9-6(7)10-5;1-2/h2H,1H3,(H3,7,8,9,10,11);1-2H3. The maximum absolute atomic E-state index is 5.41. The van der Waals surface area contributed by atoms with Crippen molar-refractivity contribution in [2.45, 2.75) is 13.8 Å². The summed E-state index contributed by atoms with van der Waals surface area (Å²) in [5.41, 5.74) is 5.99. The predicted octanol–water partition coefficient (Wildman–Crippen LogP) is 0.970. The Balaban J connectivity index is 0.000000461. The SMILES string of the molecule is CC.COc1nc(N)nc2[nH]ncc12. The van der Waals surface area contributed by atoms with Crippen molar-refractivity contribution in [3.8, 4) is 5.88 Å². The summed E-state index contributed by atoms with van der Waals surface area (Å²) in [6.45, 7) is 4.00. The molecule has 0 aliphatic rings. The fraction of sp³-hybridized carbons (Fsp3) is 0.375. The van der Waals surface area contributed by atoms with Gasteiger partial charge in [-0.15, -0.1) is 0 Å². The highest BCUT2D eigenvalue weighted by Crippen LogP contribution is 2.19. The van der Waals surface area contributed by atoms with Gasteiger partial charge in [0.2, 0.25) is 11.8 Å². The van der Waals surface area contributed by atoms with Crippen molar-refractivity contribution in [3.63, 3.8) is 0 Å². The summed E-state index contributed by atoms with van der Waals surface area (Å²) in [5.74, 6) is 0.606. The number of anilines is 1. The number of methoxy groups -OCH3 is 1. The molecule has 0 saturated heterocycles. The highest BCUT2D eigenvalue weighted by Gasteiger charge is 2.06. The molecule has 2 aromatic rings. The molecular weight excluding hydrogens is 182 g/mol. The van der Waals surface area contributed by atoms with Crippen LogP contribution in [0.5, 0.6) is 5.88 Å². The van der Waals surface area contributed by atoms with Crippen LogP contribution < -0.4 is 10.5 Å². The Morgan fingerprint density at radius 1 is 1.36 bits per heavy atom. The minimum Gasteiger partial charge on any atom is -0.480 e. The second-order valence-corrected chi connectivity index (χ2v) is 2.22. The Morgan fingerprint density at radius 2 is 2.07 bits per heavy atom. The van der Waals surface area contributed by atoms with Crippen LogP contribution >= 0.6 is 0 Å². The first kappa shape index (κ1) is 10.2. The minimum absolute atomic E-state index is 0.170. The molecule has 0 bridgehead atoms. The molecule has 0 aliphatic carbocycles. The molecule has 2 aromatic heterocycles. The van der Waals surface area contributed by atoms with E-state index in [1.54, 1.807) is 6.20 Å². The number of rotatable bonds is 1. The van der Waals surface area contributed by atoms with Crippen molar-refractivity contribution in [1.82, 2.24) is 20.2 Å². The normalized spacial score (nSPS) is 9.36. The fourth-order valence-electron chi connectivity index (χ4n) is 0.980. The molecule has 2 rings (SSSR count). The van der Waals surface area contributed by atoms with Gasteiger partial charge in [0.05, 0.1) is 13.3 Å². The maximum Gasteiger partial charge on any atom is 0.229 e. The van der Waals surface area contributed by atoms with Crippen LogP contribution in [0.15, 0.2) is 6.20 Å². The van der Waals surface area contributed by atoms with E-state index in [4.69, 9.17) is 10.5 Å². The van der Waals surface area contributed by atoms with Crippen molar-refractivity contribution in [2.24, 2.45) is 0 Å². The highest BCUT2D eigenvalue weighted by molar-refractivity contribution is 5.80. The molecule has 0 fully saturated rings. The number of nitrogens with two attached hydrogens (primary N) is 1. The van der Waals surface area contributed by atoms with Crippen molar-refractivity contribution >= 4 is 17.0 Å². The molecular formula is C8H13N5O. The Morgan fingerprint density at radius 3 is 2.71 bits per heavy atom. The quantitative estimate of drug-likeness (QED) is 0.707. The number of ether oxygens (including phenoxy) is 1. The number of hydrogen-bond donors (Lipinski definition) is 2. The number of aromatic amines is 1. The van der Waals surface area contributed by atoms with E-state index in [9.17, 15) is 0 Å². The Bertz CT molecular complexity index is 411. The molecule has 0 radical (unpaired) electrons. The second kappa shape index (κ2) is 4.40. The third-order valence-corrected chi connectivity index (χ3v) is 1.49. The summed E-state index contributed by atoms with van der Waals surface area (Å²) in [4.78, 5) is 7.79. The van der Waals surface area contributed by atoms with E-state index in [2.05, 4.69) is 20.2 Å². The highest BCUT2D eigenvalue weighted by atomic mass is 16.5. The van der Waals surface area contributed by atoms with Gasteiger partial charge in [-0.25, -0.2) is 0 Å². The summed E-state index contributed by atoms with van der Waals surface area (Å²) in [7, 11) is 1.52. The van der Waals surface area contributed by atoms with E-state index in [1.807, 2.05) is 13.8 Å². The van der Waals surface area contributed by atoms with Crippen molar-refractivity contribution < 1.29 is 4.74 Å². The van der Waals surface area contributed by atoms with Crippen molar-refractivity contribution in [1.29, 1.82) is 0 Å². The zero-order valence-electron chi connectivity index (χ0n) is 8.40. The summed E-state index contributed by atoms with van der Waals surface area (Å²) in [5, 5.41) is 7.19. The number of H-pyrrole nitrogens is 1. The summed E-state index contributed by atoms with van der Waals surface area (Å²) < 4.78 is 4.98. The van der Waals surface area contributed by atoms with E-state index >= 15 is 0 Å². The first-order valence-corrected chi connectivity index (χ1v) is 4.32. The van der Waals surface area contributed by atoms with Gasteiger partial charge in [0, 0.05) is 0 Å². The molecule has 14 heavy (non-hydrogen) atoms. The molecule has 0 aromatic carbocycles.